The maximum atomic E-state index is 12.9. The SMILES string of the molecule is O=C(CCCN=C1NS(=O)(=O)c2ccccc21)N1CCn2c(nnc2C(F)F)C1. The maximum absolute atomic E-state index is 12.9. The molecule has 1 N–H and O–H groups in total. The number of halogens is 2. The number of nitrogens with zero attached hydrogens (tertiary/aromatic N) is 5. The van der Waals surface area contributed by atoms with Crippen LogP contribution in [0.4, 0.5) is 8.78 Å². The third-order valence-corrected chi connectivity index (χ3v) is 6.21. The highest BCUT2D eigenvalue weighted by molar-refractivity contribution is 7.90. The molecular weight excluding hydrogens is 406 g/mol. The van der Waals surface area contributed by atoms with E-state index in [1.807, 2.05) is 0 Å². The van der Waals surface area contributed by atoms with E-state index < -0.39 is 16.4 Å². The van der Waals surface area contributed by atoms with Crippen LogP contribution in [0.1, 0.15) is 36.5 Å². The summed E-state index contributed by atoms with van der Waals surface area (Å²) in [6.07, 6.45) is -2.06. The first kappa shape index (κ1) is 19.4. The molecule has 4 rings (SSSR count). The monoisotopic (exact) mass is 424 g/mol. The smallest absolute Gasteiger partial charge is 0.297 e. The van der Waals surface area contributed by atoms with Crippen molar-refractivity contribution in [2.45, 2.75) is 37.3 Å². The Morgan fingerprint density at radius 1 is 1.24 bits per heavy atom. The number of aromatic nitrogens is 3. The van der Waals surface area contributed by atoms with Crippen molar-refractivity contribution in [3.05, 3.63) is 41.5 Å². The molecule has 0 unspecified atom stereocenters. The summed E-state index contributed by atoms with van der Waals surface area (Å²) in [6.45, 7) is 0.956. The molecule has 9 nitrogen and oxygen atoms in total. The molecule has 1 aromatic heterocycles. The molecule has 0 radical (unpaired) electrons. The highest BCUT2D eigenvalue weighted by Crippen LogP contribution is 2.23. The zero-order valence-electron chi connectivity index (χ0n) is 15.3. The van der Waals surface area contributed by atoms with Crippen molar-refractivity contribution in [1.82, 2.24) is 24.4 Å². The first-order chi connectivity index (χ1) is 13.9. The van der Waals surface area contributed by atoms with Crippen molar-refractivity contribution in [2.24, 2.45) is 4.99 Å². The Labute approximate surface area is 165 Å². The molecular formula is C17H18F2N6O3S. The molecule has 154 valence electrons. The van der Waals surface area contributed by atoms with Gasteiger partial charge in [-0.15, -0.1) is 10.2 Å². The van der Waals surface area contributed by atoms with Gasteiger partial charge in [-0.05, 0) is 18.6 Å². The van der Waals surface area contributed by atoms with Gasteiger partial charge in [0.15, 0.2) is 11.6 Å². The number of amides is 1. The number of carbonyl (C=O) groups is 1. The average Bonchev–Trinajstić information content (AvgIpc) is 3.24. The molecule has 0 atom stereocenters. The number of fused-ring (bicyclic) bond motifs is 2. The lowest BCUT2D eigenvalue weighted by atomic mass is 10.2. The standard InChI is InChI=1S/C17H18F2N6O3S/c18-15(19)17-22-21-13-10-24(8-9-25(13)17)14(26)6-3-7-20-16-11-4-1-2-5-12(11)29(27,28)23-16/h1-2,4-5,15H,3,6-10H2,(H,20,23). The molecule has 2 aliphatic rings. The molecule has 0 aliphatic carbocycles. The van der Waals surface area contributed by atoms with E-state index in [2.05, 4.69) is 19.9 Å². The molecule has 1 amide bonds. The van der Waals surface area contributed by atoms with Crippen LogP contribution in [0.5, 0.6) is 0 Å². The number of benzene rings is 1. The van der Waals surface area contributed by atoms with Gasteiger partial charge in [-0.25, -0.2) is 17.2 Å². The van der Waals surface area contributed by atoms with E-state index in [-0.39, 0.29) is 48.5 Å². The second-order valence-corrected chi connectivity index (χ2v) is 8.33. The van der Waals surface area contributed by atoms with Crippen LogP contribution in [0.2, 0.25) is 0 Å². The molecule has 0 spiro atoms. The summed E-state index contributed by atoms with van der Waals surface area (Å²) < 4.78 is 53.6. The van der Waals surface area contributed by atoms with E-state index >= 15 is 0 Å². The Morgan fingerprint density at radius 2 is 2.03 bits per heavy atom. The number of hydrogen-bond acceptors (Lipinski definition) is 6. The van der Waals surface area contributed by atoms with Crippen LogP contribution in [0.25, 0.3) is 0 Å². The molecule has 2 aliphatic heterocycles. The number of nitrogens with one attached hydrogen (secondary N) is 1. The number of aliphatic imine (C=N–C) groups is 1. The van der Waals surface area contributed by atoms with Crippen LogP contribution in [0, 0.1) is 0 Å². The summed E-state index contributed by atoms with van der Waals surface area (Å²) >= 11 is 0. The zero-order valence-corrected chi connectivity index (χ0v) is 16.1. The van der Waals surface area contributed by atoms with Gasteiger partial charge in [0.1, 0.15) is 5.84 Å². The van der Waals surface area contributed by atoms with Crippen LogP contribution in [0.15, 0.2) is 34.2 Å². The van der Waals surface area contributed by atoms with Gasteiger partial charge >= 0.3 is 0 Å². The molecule has 0 bridgehead atoms. The molecule has 3 heterocycles. The average molecular weight is 424 g/mol. The van der Waals surface area contributed by atoms with E-state index in [1.54, 1.807) is 23.1 Å². The van der Waals surface area contributed by atoms with E-state index in [9.17, 15) is 22.0 Å². The normalized spacial score (nSPS) is 18.6. The lowest BCUT2D eigenvalue weighted by Gasteiger charge is -2.27. The van der Waals surface area contributed by atoms with Gasteiger partial charge in [0.25, 0.3) is 16.4 Å². The molecule has 29 heavy (non-hydrogen) atoms. The van der Waals surface area contributed by atoms with Gasteiger partial charge in [0.05, 0.1) is 11.4 Å². The predicted octanol–water partition coefficient (Wildman–Crippen LogP) is 1.08. The topological polar surface area (TPSA) is 110 Å². The summed E-state index contributed by atoms with van der Waals surface area (Å²) in [4.78, 5) is 18.4. The van der Waals surface area contributed by atoms with Gasteiger partial charge in [0.2, 0.25) is 5.91 Å². The highest BCUT2D eigenvalue weighted by atomic mass is 32.2. The number of alkyl halides is 2. The van der Waals surface area contributed by atoms with Crippen LogP contribution < -0.4 is 4.72 Å². The Morgan fingerprint density at radius 3 is 2.83 bits per heavy atom. The summed E-state index contributed by atoms with van der Waals surface area (Å²) in [5, 5.41) is 7.24. The van der Waals surface area contributed by atoms with Crippen molar-refractivity contribution in [2.75, 3.05) is 13.1 Å². The Balaban J connectivity index is 1.33. The maximum Gasteiger partial charge on any atom is 0.297 e. The van der Waals surface area contributed by atoms with Gasteiger partial charge in [-0.1, -0.05) is 12.1 Å². The minimum Gasteiger partial charge on any atom is -0.333 e. The number of amidine groups is 1. The van der Waals surface area contributed by atoms with Gasteiger partial charge in [-0.2, -0.15) is 0 Å². The predicted molar refractivity (Wildman–Crippen MR) is 97.8 cm³/mol. The largest absolute Gasteiger partial charge is 0.333 e. The molecule has 1 aromatic carbocycles. The quantitative estimate of drug-likeness (QED) is 0.723. The van der Waals surface area contributed by atoms with Crippen molar-refractivity contribution in [3.8, 4) is 0 Å². The zero-order chi connectivity index (χ0) is 20.6. The third kappa shape index (κ3) is 3.71. The number of rotatable bonds is 5. The Kier molecular flexibility index (Phi) is 5.03. The summed E-state index contributed by atoms with van der Waals surface area (Å²) in [7, 11) is -3.58. The van der Waals surface area contributed by atoms with Gasteiger partial charge in [0, 0.05) is 31.6 Å². The summed E-state index contributed by atoms with van der Waals surface area (Å²) in [5.41, 5.74) is 0.518. The van der Waals surface area contributed by atoms with Gasteiger partial charge in [-0.3, -0.25) is 14.5 Å². The summed E-state index contributed by atoms with van der Waals surface area (Å²) in [6, 6.07) is 6.56. The lowest BCUT2D eigenvalue weighted by Crippen LogP contribution is -2.38. The van der Waals surface area contributed by atoms with Crippen LogP contribution in [-0.2, 0) is 27.9 Å². The molecule has 0 fully saturated rings. The van der Waals surface area contributed by atoms with Crippen LogP contribution in [-0.4, -0.2) is 52.9 Å². The summed E-state index contributed by atoms with van der Waals surface area (Å²) in [5.74, 6) is 0.114. The fourth-order valence-corrected chi connectivity index (χ4v) is 4.64. The first-order valence-electron chi connectivity index (χ1n) is 9.01. The minimum atomic E-state index is -3.58. The second kappa shape index (κ2) is 7.50. The Hall–Kier alpha value is -2.89. The van der Waals surface area contributed by atoms with Crippen LogP contribution in [0.3, 0.4) is 0 Å². The number of hydrogen-bond donors (Lipinski definition) is 1. The van der Waals surface area contributed by atoms with E-state index in [0.717, 1.165) is 0 Å². The van der Waals surface area contributed by atoms with Crippen molar-refractivity contribution in [1.29, 1.82) is 0 Å². The van der Waals surface area contributed by atoms with Gasteiger partial charge < -0.3 is 9.47 Å². The minimum absolute atomic E-state index is 0.134. The van der Waals surface area contributed by atoms with Crippen molar-refractivity contribution in [3.63, 3.8) is 0 Å². The van der Waals surface area contributed by atoms with Crippen LogP contribution >= 0.6 is 0 Å². The van der Waals surface area contributed by atoms with Crippen molar-refractivity contribution < 1.29 is 22.0 Å². The third-order valence-electron chi connectivity index (χ3n) is 4.81. The number of carbonyl (C=O) groups excluding carboxylic acids is 1. The Bertz CT molecular complexity index is 1080. The second-order valence-electron chi connectivity index (χ2n) is 6.68. The molecule has 0 saturated carbocycles. The lowest BCUT2D eigenvalue weighted by molar-refractivity contribution is -0.132. The fourth-order valence-electron chi connectivity index (χ4n) is 3.39. The molecule has 2 aromatic rings. The first-order valence-corrected chi connectivity index (χ1v) is 10.5. The fraction of sp³-hybridized carbons (Fsp3) is 0.412. The molecule has 12 heteroatoms. The van der Waals surface area contributed by atoms with E-state index in [0.29, 0.717) is 24.4 Å². The van der Waals surface area contributed by atoms with Crippen molar-refractivity contribution >= 4 is 21.8 Å². The highest BCUT2D eigenvalue weighted by Gasteiger charge is 2.30. The van der Waals surface area contributed by atoms with E-state index in [1.165, 1.54) is 10.6 Å². The van der Waals surface area contributed by atoms with E-state index in [4.69, 9.17) is 0 Å². The number of sulfonamides is 1. The molecule has 0 saturated heterocycles.